The highest BCUT2D eigenvalue weighted by Crippen LogP contribution is 1.84. The number of hydrogen-bond donors (Lipinski definition) is 3. The molecule has 0 aliphatic carbocycles. The number of carbonyl (C=O) groups excluding carboxylic acids is 1. The molecule has 0 aromatic rings. The number of urea groups is 1. The van der Waals surface area contributed by atoms with E-state index in [1.54, 1.807) is 0 Å². The average Bonchev–Trinajstić information content (AvgIpc) is 2.08. The van der Waals surface area contributed by atoms with E-state index in [0.29, 0.717) is 6.54 Å². The highest BCUT2D eigenvalue weighted by atomic mass is 16.2. The lowest BCUT2D eigenvalue weighted by Gasteiger charge is -2.15. The fraction of sp³-hybridized carbons (Fsp3) is 0.875. The Morgan fingerprint density at radius 3 is 2.62 bits per heavy atom. The third-order valence-corrected chi connectivity index (χ3v) is 1.76. The standard InChI is InChI=1S/C8H20N4O/c1-10-5-7-12(2)6-3-4-11-8(9)13/h10H,3-7H2,1-2H3,(H3,9,11,13). The molecule has 0 rings (SSSR count). The number of carbonyl (C=O) groups is 1. The molecule has 0 atom stereocenters. The molecule has 0 aliphatic heterocycles. The van der Waals surface area contributed by atoms with Crippen molar-refractivity contribution in [3.63, 3.8) is 0 Å². The summed E-state index contributed by atoms with van der Waals surface area (Å²) in [7, 11) is 3.99. The van der Waals surface area contributed by atoms with Crippen LogP contribution in [0.25, 0.3) is 0 Å². The Hall–Kier alpha value is -0.810. The van der Waals surface area contributed by atoms with Crippen LogP contribution in [0.5, 0.6) is 0 Å². The van der Waals surface area contributed by atoms with Crippen LogP contribution in [-0.2, 0) is 0 Å². The van der Waals surface area contributed by atoms with Crippen LogP contribution in [0.4, 0.5) is 4.79 Å². The van der Waals surface area contributed by atoms with Gasteiger partial charge >= 0.3 is 6.03 Å². The minimum Gasteiger partial charge on any atom is -0.352 e. The first-order chi connectivity index (χ1) is 6.16. The number of primary amides is 1. The Morgan fingerprint density at radius 1 is 1.38 bits per heavy atom. The maximum Gasteiger partial charge on any atom is 0.312 e. The molecule has 0 aromatic carbocycles. The molecule has 0 heterocycles. The van der Waals surface area contributed by atoms with Crippen molar-refractivity contribution in [2.45, 2.75) is 6.42 Å². The van der Waals surface area contributed by atoms with Crippen molar-refractivity contribution in [1.29, 1.82) is 0 Å². The van der Waals surface area contributed by atoms with Crippen LogP contribution >= 0.6 is 0 Å². The van der Waals surface area contributed by atoms with E-state index in [0.717, 1.165) is 26.1 Å². The highest BCUT2D eigenvalue weighted by molar-refractivity contribution is 5.71. The van der Waals surface area contributed by atoms with Crippen molar-refractivity contribution in [1.82, 2.24) is 15.5 Å². The monoisotopic (exact) mass is 188 g/mol. The lowest BCUT2D eigenvalue weighted by Crippen LogP contribution is -2.33. The zero-order valence-corrected chi connectivity index (χ0v) is 8.47. The Kier molecular flexibility index (Phi) is 7.33. The molecular formula is C8H20N4O. The van der Waals surface area contributed by atoms with E-state index in [1.807, 2.05) is 7.05 Å². The number of nitrogens with two attached hydrogens (primary N) is 1. The topological polar surface area (TPSA) is 70.4 Å². The van der Waals surface area contributed by atoms with Gasteiger partial charge in [0.15, 0.2) is 0 Å². The van der Waals surface area contributed by atoms with Crippen LogP contribution < -0.4 is 16.4 Å². The van der Waals surface area contributed by atoms with Crippen molar-refractivity contribution >= 4 is 6.03 Å². The first-order valence-electron chi connectivity index (χ1n) is 4.53. The number of nitrogens with zero attached hydrogens (tertiary/aromatic N) is 1. The summed E-state index contributed by atoms with van der Waals surface area (Å²) in [6, 6.07) is -0.446. The second-order valence-corrected chi connectivity index (χ2v) is 3.05. The third kappa shape index (κ3) is 9.10. The first kappa shape index (κ1) is 12.2. The van der Waals surface area contributed by atoms with Gasteiger partial charge in [-0.15, -0.1) is 0 Å². The van der Waals surface area contributed by atoms with Gasteiger partial charge in [-0.25, -0.2) is 4.79 Å². The molecule has 0 spiro atoms. The quantitative estimate of drug-likeness (QED) is 0.458. The minimum atomic E-state index is -0.446. The number of hydrogen-bond acceptors (Lipinski definition) is 3. The normalized spacial score (nSPS) is 10.4. The molecule has 78 valence electrons. The largest absolute Gasteiger partial charge is 0.352 e. The van der Waals surface area contributed by atoms with Crippen LogP contribution in [0, 0.1) is 0 Å². The van der Waals surface area contributed by atoms with E-state index in [-0.39, 0.29) is 0 Å². The summed E-state index contributed by atoms with van der Waals surface area (Å²) < 4.78 is 0. The van der Waals surface area contributed by atoms with E-state index >= 15 is 0 Å². The number of nitrogens with one attached hydrogen (secondary N) is 2. The van der Waals surface area contributed by atoms with Gasteiger partial charge in [0.05, 0.1) is 0 Å². The van der Waals surface area contributed by atoms with Gasteiger partial charge in [0, 0.05) is 19.6 Å². The molecule has 5 nitrogen and oxygen atoms in total. The van der Waals surface area contributed by atoms with E-state index in [4.69, 9.17) is 5.73 Å². The molecule has 0 bridgehead atoms. The van der Waals surface area contributed by atoms with Crippen LogP contribution in [0.3, 0.4) is 0 Å². The lowest BCUT2D eigenvalue weighted by atomic mass is 10.4. The zero-order valence-electron chi connectivity index (χ0n) is 8.47. The Bertz CT molecular complexity index is 140. The molecule has 0 unspecified atom stereocenters. The predicted molar refractivity (Wildman–Crippen MR) is 53.6 cm³/mol. The summed E-state index contributed by atoms with van der Waals surface area (Å²) in [5.41, 5.74) is 4.92. The number of likely N-dealkylation sites (N-methyl/N-ethyl adjacent to an activating group) is 2. The summed E-state index contributed by atoms with van der Waals surface area (Å²) in [4.78, 5) is 12.5. The second kappa shape index (κ2) is 7.82. The Labute approximate surface area is 79.7 Å². The summed E-state index contributed by atoms with van der Waals surface area (Å²) in [6.45, 7) is 3.63. The molecule has 5 heteroatoms. The van der Waals surface area contributed by atoms with Crippen molar-refractivity contribution < 1.29 is 4.79 Å². The first-order valence-corrected chi connectivity index (χ1v) is 4.53. The fourth-order valence-corrected chi connectivity index (χ4v) is 0.975. The van der Waals surface area contributed by atoms with Crippen LogP contribution in [0.15, 0.2) is 0 Å². The predicted octanol–water partition coefficient (Wildman–Crippen LogP) is -0.804. The maximum atomic E-state index is 10.3. The minimum absolute atomic E-state index is 0.446. The average molecular weight is 188 g/mol. The smallest absolute Gasteiger partial charge is 0.312 e. The molecule has 0 aliphatic rings. The van der Waals surface area contributed by atoms with Crippen LogP contribution in [0.1, 0.15) is 6.42 Å². The van der Waals surface area contributed by atoms with Crippen molar-refractivity contribution in [2.75, 3.05) is 40.3 Å². The Morgan fingerprint density at radius 2 is 2.08 bits per heavy atom. The van der Waals surface area contributed by atoms with Gasteiger partial charge in [-0.2, -0.15) is 0 Å². The molecule has 2 amide bonds. The van der Waals surface area contributed by atoms with Crippen molar-refractivity contribution in [2.24, 2.45) is 5.73 Å². The van der Waals surface area contributed by atoms with Crippen LogP contribution in [-0.4, -0.2) is 51.2 Å². The van der Waals surface area contributed by atoms with Gasteiger partial charge in [-0.3, -0.25) is 0 Å². The van der Waals surface area contributed by atoms with Gasteiger partial charge in [-0.1, -0.05) is 0 Å². The second-order valence-electron chi connectivity index (χ2n) is 3.05. The van der Waals surface area contributed by atoms with Crippen molar-refractivity contribution in [3.8, 4) is 0 Å². The summed E-state index contributed by atoms with van der Waals surface area (Å²) in [5.74, 6) is 0. The van der Waals surface area contributed by atoms with Crippen LogP contribution in [0.2, 0.25) is 0 Å². The SMILES string of the molecule is CNCCN(C)CCCNC(N)=O. The van der Waals surface area contributed by atoms with Gasteiger partial charge in [-0.05, 0) is 27.1 Å². The van der Waals surface area contributed by atoms with Gasteiger partial charge in [0.25, 0.3) is 0 Å². The number of amides is 2. The van der Waals surface area contributed by atoms with E-state index in [1.165, 1.54) is 0 Å². The van der Waals surface area contributed by atoms with E-state index in [2.05, 4.69) is 22.6 Å². The Balaban J connectivity index is 3.16. The van der Waals surface area contributed by atoms with E-state index in [9.17, 15) is 4.79 Å². The molecular weight excluding hydrogens is 168 g/mol. The molecule has 0 aromatic heterocycles. The van der Waals surface area contributed by atoms with Gasteiger partial charge < -0.3 is 21.3 Å². The van der Waals surface area contributed by atoms with E-state index < -0.39 is 6.03 Å². The summed E-state index contributed by atoms with van der Waals surface area (Å²) in [5, 5.41) is 5.63. The number of rotatable bonds is 7. The molecule has 13 heavy (non-hydrogen) atoms. The maximum absolute atomic E-state index is 10.3. The molecule has 0 radical (unpaired) electrons. The summed E-state index contributed by atoms with van der Waals surface area (Å²) in [6.07, 6.45) is 0.934. The molecule has 4 N–H and O–H groups in total. The highest BCUT2D eigenvalue weighted by Gasteiger charge is 1.97. The third-order valence-electron chi connectivity index (χ3n) is 1.76. The molecule has 0 fully saturated rings. The summed E-state index contributed by atoms with van der Waals surface area (Å²) >= 11 is 0. The fourth-order valence-electron chi connectivity index (χ4n) is 0.975. The zero-order chi connectivity index (χ0) is 10.1. The van der Waals surface area contributed by atoms with Crippen molar-refractivity contribution in [3.05, 3.63) is 0 Å². The van der Waals surface area contributed by atoms with Gasteiger partial charge in [0.1, 0.15) is 0 Å². The van der Waals surface area contributed by atoms with Gasteiger partial charge in [0.2, 0.25) is 0 Å². The lowest BCUT2D eigenvalue weighted by molar-refractivity contribution is 0.247. The molecule has 0 saturated heterocycles. The molecule has 0 saturated carbocycles.